The molecule has 1 aliphatic heterocycles. The number of sulfonamides is 1. The largest absolute Gasteiger partial charge is 0.354 e. The van der Waals surface area contributed by atoms with Gasteiger partial charge in [-0.2, -0.15) is 5.10 Å². The van der Waals surface area contributed by atoms with Crippen LogP contribution in [0.25, 0.3) is 0 Å². The molecular formula is C19H22F2N6O3S. The predicted octanol–water partition coefficient (Wildman–Crippen LogP) is 2.27. The number of rotatable bonds is 5. The molecule has 0 spiro atoms. The highest BCUT2D eigenvalue weighted by molar-refractivity contribution is 7.89. The van der Waals surface area contributed by atoms with Gasteiger partial charge in [-0.1, -0.05) is 0 Å². The predicted molar refractivity (Wildman–Crippen MR) is 109 cm³/mol. The topological polar surface area (TPSA) is 131 Å². The SMILES string of the molecule is NS(=O)(=O)c1cc(NC(=O)c2cc(C3CC3)nnc2N2CCCC(F)(F)CC2)ccn1. The second kappa shape index (κ2) is 8.08. The second-order valence-corrected chi connectivity index (χ2v) is 9.37. The van der Waals surface area contributed by atoms with E-state index in [1.54, 1.807) is 11.0 Å². The lowest BCUT2D eigenvalue weighted by atomic mass is 10.1. The van der Waals surface area contributed by atoms with E-state index < -0.39 is 21.9 Å². The first-order valence-corrected chi connectivity index (χ1v) is 11.5. The second-order valence-electron chi connectivity index (χ2n) is 7.86. The van der Waals surface area contributed by atoms with E-state index in [1.165, 1.54) is 12.3 Å². The lowest BCUT2D eigenvalue weighted by Crippen LogP contribution is -2.30. The molecule has 1 amide bonds. The van der Waals surface area contributed by atoms with E-state index in [0.717, 1.165) is 18.9 Å². The van der Waals surface area contributed by atoms with Crippen LogP contribution in [0.2, 0.25) is 0 Å². The molecule has 3 N–H and O–H groups in total. The fourth-order valence-electron chi connectivity index (χ4n) is 3.50. The van der Waals surface area contributed by atoms with Crippen molar-refractivity contribution in [2.24, 2.45) is 5.14 Å². The number of hydrogen-bond donors (Lipinski definition) is 2. The molecule has 2 fully saturated rings. The Kier molecular flexibility index (Phi) is 5.60. The van der Waals surface area contributed by atoms with Crippen LogP contribution in [0.5, 0.6) is 0 Å². The molecular weight excluding hydrogens is 430 g/mol. The zero-order valence-corrected chi connectivity index (χ0v) is 17.4. The van der Waals surface area contributed by atoms with Gasteiger partial charge in [0.2, 0.25) is 5.92 Å². The number of alkyl halides is 2. The van der Waals surface area contributed by atoms with Gasteiger partial charge in [0.05, 0.1) is 11.3 Å². The number of nitrogens with two attached hydrogens (primary N) is 1. The minimum Gasteiger partial charge on any atom is -0.354 e. The summed E-state index contributed by atoms with van der Waals surface area (Å²) < 4.78 is 50.7. The lowest BCUT2D eigenvalue weighted by molar-refractivity contribution is -0.0102. The molecule has 2 aromatic heterocycles. The van der Waals surface area contributed by atoms with Gasteiger partial charge in [-0.05, 0) is 31.4 Å². The Morgan fingerprint density at radius 2 is 1.97 bits per heavy atom. The van der Waals surface area contributed by atoms with E-state index in [9.17, 15) is 22.0 Å². The van der Waals surface area contributed by atoms with Crippen molar-refractivity contribution in [1.82, 2.24) is 15.2 Å². The van der Waals surface area contributed by atoms with Crippen LogP contribution < -0.4 is 15.4 Å². The van der Waals surface area contributed by atoms with E-state index in [1.807, 2.05) is 0 Å². The monoisotopic (exact) mass is 452 g/mol. The number of pyridine rings is 1. The lowest BCUT2D eigenvalue weighted by Gasteiger charge is -2.23. The van der Waals surface area contributed by atoms with Crippen molar-refractivity contribution in [3.05, 3.63) is 35.7 Å². The summed E-state index contributed by atoms with van der Waals surface area (Å²) in [5, 5.41) is 15.8. The first-order chi connectivity index (χ1) is 14.6. The molecule has 12 heteroatoms. The molecule has 9 nitrogen and oxygen atoms in total. The van der Waals surface area contributed by atoms with Crippen LogP contribution in [0, 0.1) is 0 Å². The fraction of sp³-hybridized carbons (Fsp3) is 0.474. The Labute approximate surface area is 178 Å². The number of anilines is 2. The number of nitrogens with one attached hydrogen (secondary N) is 1. The standard InChI is InChI=1S/C19H22F2N6O3S/c20-19(21)5-1-8-27(9-6-19)17-14(11-15(25-26-17)12-2-3-12)18(28)24-13-4-7-23-16(10-13)31(22,29)30/h4,7,10-12H,1-3,5-6,8-9H2,(H2,22,29,30)(H,23,24,28). The van der Waals surface area contributed by atoms with Gasteiger partial charge >= 0.3 is 0 Å². The number of nitrogens with zero attached hydrogens (tertiary/aromatic N) is 4. The molecule has 166 valence electrons. The molecule has 4 rings (SSSR count). The third-order valence-electron chi connectivity index (χ3n) is 5.34. The summed E-state index contributed by atoms with van der Waals surface area (Å²) in [5.74, 6) is -2.83. The van der Waals surface area contributed by atoms with Gasteiger partial charge in [0, 0.05) is 49.8 Å². The molecule has 1 saturated heterocycles. The first kappa shape index (κ1) is 21.5. The minimum atomic E-state index is -4.04. The highest BCUT2D eigenvalue weighted by atomic mass is 32.2. The number of hydrogen-bond acceptors (Lipinski definition) is 7. The molecule has 0 aromatic carbocycles. The Hall–Kier alpha value is -2.73. The molecule has 2 aliphatic rings. The average Bonchev–Trinajstić information content (AvgIpc) is 3.55. The number of aromatic nitrogens is 3. The van der Waals surface area contributed by atoms with Crippen LogP contribution in [0.4, 0.5) is 20.3 Å². The summed E-state index contributed by atoms with van der Waals surface area (Å²) in [6.45, 7) is 0.383. The molecule has 1 aliphatic carbocycles. The Morgan fingerprint density at radius 1 is 1.19 bits per heavy atom. The van der Waals surface area contributed by atoms with Crippen molar-refractivity contribution in [2.75, 3.05) is 23.3 Å². The molecule has 1 saturated carbocycles. The van der Waals surface area contributed by atoms with Crippen molar-refractivity contribution >= 4 is 27.4 Å². The van der Waals surface area contributed by atoms with Gasteiger partial charge in [-0.25, -0.2) is 27.3 Å². The summed E-state index contributed by atoms with van der Waals surface area (Å²) in [4.78, 5) is 18.4. The average molecular weight is 452 g/mol. The summed E-state index contributed by atoms with van der Waals surface area (Å²) in [5.41, 5.74) is 1.06. The third kappa shape index (κ3) is 5.13. The van der Waals surface area contributed by atoms with Crippen LogP contribution in [0.1, 0.15) is 54.1 Å². The van der Waals surface area contributed by atoms with Crippen molar-refractivity contribution < 1.29 is 22.0 Å². The quantitative estimate of drug-likeness (QED) is 0.711. The molecule has 3 heterocycles. The maximum absolute atomic E-state index is 13.8. The number of carbonyl (C=O) groups excluding carboxylic acids is 1. The summed E-state index contributed by atoms with van der Waals surface area (Å²) in [6, 6.07) is 4.21. The van der Waals surface area contributed by atoms with Gasteiger partial charge < -0.3 is 10.2 Å². The summed E-state index contributed by atoms with van der Waals surface area (Å²) in [6.07, 6.45) is 2.84. The van der Waals surface area contributed by atoms with E-state index in [2.05, 4.69) is 20.5 Å². The Balaban J connectivity index is 1.64. The van der Waals surface area contributed by atoms with Gasteiger partial charge in [0.15, 0.2) is 10.8 Å². The third-order valence-corrected chi connectivity index (χ3v) is 6.14. The van der Waals surface area contributed by atoms with Gasteiger partial charge in [0.25, 0.3) is 15.9 Å². The van der Waals surface area contributed by atoms with Gasteiger partial charge in [0.1, 0.15) is 0 Å². The zero-order valence-electron chi connectivity index (χ0n) is 16.6. The van der Waals surface area contributed by atoms with Crippen LogP contribution >= 0.6 is 0 Å². The molecule has 0 radical (unpaired) electrons. The normalized spacial score (nSPS) is 19.0. The molecule has 31 heavy (non-hydrogen) atoms. The Bertz CT molecular complexity index is 1110. The highest BCUT2D eigenvalue weighted by Gasteiger charge is 2.34. The molecule has 0 unspecified atom stereocenters. The number of carbonyl (C=O) groups is 1. The number of primary sulfonamides is 1. The van der Waals surface area contributed by atoms with Gasteiger partial charge in [-0.15, -0.1) is 5.10 Å². The Morgan fingerprint density at radius 3 is 2.68 bits per heavy atom. The number of amides is 1. The summed E-state index contributed by atoms with van der Waals surface area (Å²) in [7, 11) is -4.04. The fourth-order valence-corrected chi connectivity index (χ4v) is 4.00. The van der Waals surface area contributed by atoms with E-state index >= 15 is 0 Å². The van der Waals surface area contributed by atoms with E-state index in [0.29, 0.717) is 12.2 Å². The van der Waals surface area contributed by atoms with Crippen LogP contribution in [0.15, 0.2) is 29.4 Å². The minimum absolute atomic E-state index is 0.0511. The smallest absolute Gasteiger partial charge is 0.259 e. The maximum Gasteiger partial charge on any atom is 0.259 e. The van der Waals surface area contributed by atoms with E-state index in [-0.39, 0.29) is 53.8 Å². The van der Waals surface area contributed by atoms with E-state index in [4.69, 9.17) is 5.14 Å². The summed E-state index contributed by atoms with van der Waals surface area (Å²) >= 11 is 0. The first-order valence-electron chi connectivity index (χ1n) is 9.93. The van der Waals surface area contributed by atoms with Crippen molar-refractivity contribution in [3.8, 4) is 0 Å². The highest BCUT2D eigenvalue weighted by Crippen LogP contribution is 2.40. The van der Waals surface area contributed by atoms with Crippen molar-refractivity contribution in [2.45, 2.75) is 49.0 Å². The number of halogens is 2. The van der Waals surface area contributed by atoms with Crippen LogP contribution in [-0.2, 0) is 10.0 Å². The molecule has 0 bridgehead atoms. The van der Waals surface area contributed by atoms with Crippen molar-refractivity contribution in [1.29, 1.82) is 0 Å². The van der Waals surface area contributed by atoms with Crippen LogP contribution in [0.3, 0.4) is 0 Å². The maximum atomic E-state index is 13.8. The van der Waals surface area contributed by atoms with Crippen LogP contribution in [-0.4, -0.2) is 48.5 Å². The van der Waals surface area contributed by atoms with Crippen molar-refractivity contribution in [3.63, 3.8) is 0 Å². The molecule has 0 atom stereocenters. The van der Waals surface area contributed by atoms with Gasteiger partial charge in [-0.3, -0.25) is 4.79 Å². The zero-order chi connectivity index (χ0) is 22.2. The molecule has 2 aromatic rings.